The van der Waals surface area contributed by atoms with Crippen LogP contribution in [0.5, 0.6) is 0 Å². The molecule has 0 amide bonds. The molecular weight excluding hydrogens is 72.1 g/mol. The van der Waals surface area contributed by atoms with Gasteiger partial charge in [0.25, 0.3) is 0 Å². The Kier molecular flexibility index (Phi) is 0.643. The lowest BCUT2D eigenvalue weighted by Gasteiger charge is -1.71. The average Bonchev–Trinajstić information content (AvgIpc) is 1.86. The van der Waals surface area contributed by atoms with Gasteiger partial charge in [0.05, 0.1) is 0 Å². The molecular formula is C6H6. The number of hydrogen-bond donors (Lipinski definition) is 0. The zero-order valence-electron chi connectivity index (χ0n) is 3.52. The smallest absolute Gasteiger partial charge is 0.0329 e. The van der Waals surface area contributed by atoms with Crippen molar-refractivity contribution in [2.24, 2.45) is 0 Å². The molecule has 0 aliphatic heterocycles. The van der Waals surface area contributed by atoms with E-state index in [9.17, 15) is 0 Å². The zero-order valence-corrected chi connectivity index (χ0v) is 3.52. The van der Waals surface area contributed by atoms with Gasteiger partial charge < -0.3 is 0 Å². The minimum Gasteiger partial charge on any atom is -0.0918 e. The highest BCUT2D eigenvalue weighted by atomic mass is 13.9. The molecule has 0 saturated heterocycles. The van der Waals surface area contributed by atoms with Gasteiger partial charge in [-0.3, -0.25) is 0 Å². The molecule has 0 atom stereocenters. The predicted molar refractivity (Wildman–Crippen MR) is 27.4 cm³/mol. The lowest BCUT2D eigenvalue weighted by atomic mass is 10.4. The molecule has 0 aromatic heterocycles. The summed E-state index contributed by atoms with van der Waals surface area (Å²) in [5, 5.41) is 0. The fourth-order valence-corrected chi connectivity index (χ4v) is 0.414. The second kappa shape index (κ2) is 1.13. The van der Waals surface area contributed by atoms with E-state index in [1.807, 2.05) is 24.3 Å². The summed E-state index contributed by atoms with van der Waals surface area (Å²) in [7, 11) is 0. The average molecular weight is 78.1 g/mol. The van der Waals surface area contributed by atoms with Crippen LogP contribution in [0.25, 0.3) is 0 Å². The molecule has 0 fully saturated rings. The van der Waals surface area contributed by atoms with Gasteiger partial charge in [0, 0.05) is 0 Å². The van der Waals surface area contributed by atoms with Crippen LogP contribution in [-0.4, -0.2) is 0 Å². The Morgan fingerprint density at radius 1 is 1.17 bits per heavy atom. The number of hydrogen-bond acceptors (Lipinski definition) is 0. The van der Waals surface area contributed by atoms with E-state index in [-0.39, 0.29) is 0 Å². The van der Waals surface area contributed by atoms with Gasteiger partial charge in [0.15, 0.2) is 0 Å². The van der Waals surface area contributed by atoms with Crippen LogP contribution in [0.3, 0.4) is 0 Å². The molecule has 0 bridgehead atoms. The van der Waals surface area contributed by atoms with Gasteiger partial charge in [-0.1, -0.05) is 30.9 Å². The quantitative estimate of drug-likeness (QED) is 0.413. The first kappa shape index (κ1) is 3.41. The molecule has 0 spiro atoms. The topological polar surface area (TPSA) is 0 Å². The fourth-order valence-electron chi connectivity index (χ4n) is 0.414. The minimum absolute atomic E-state index is 1.09. The van der Waals surface area contributed by atoms with Crippen molar-refractivity contribution < 1.29 is 0 Å². The van der Waals surface area contributed by atoms with Gasteiger partial charge in [0.1, 0.15) is 0 Å². The van der Waals surface area contributed by atoms with Gasteiger partial charge in [-0.2, -0.15) is 0 Å². The fraction of sp³-hybridized carbons (Fsp3) is 0. The first-order valence-corrected chi connectivity index (χ1v) is 1.93. The number of rotatable bonds is 0. The third-order valence-electron chi connectivity index (χ3n) is 0.732. The molecule has 0 nitrogen and oxygen atoms in total. The van der Waals surface area contributed by atoms with Gasteiger partial charge in [-0.05, 0) is 5.57 Å². The van der Waals surface area contributed by atoms with Crippen molar-refractivity contribution in [3.63, 3.8) is 0 Å². The Balaban J connectivity index is 2.86. The maximum atomic E-state index is 3.68. The molecule has 30 valence electrons. The van der Waals surface area contributed by atoms with Crippen LogP contribution in [0.4, 0.5) is 0 Å². The van der Waals surface area contributed by atoms with E-state index in [1.54, 1.807) is 0 Å². The highest BCUT2D eigenvalue weighted by Crippen LogP contribution is 2.01. The van der Waals surface area contributed by atoms with Crippen molar-refractivity contribution in [1.29, 1.82) is 0 Å². The van der Waals surface area contributed by atoms with Gasteiger partial charge >= 0.3 is 0 Å². The SMILES string of the molecule is C=C1C=CC=C1. The van der Waals surface area contributed by atoms with Crippen molar-refractivity contribution in [2.75, 3.05) is 0 Å². The van der Waals surface area contributed by atoms with E-state index in [4.69, 9.17) is 0 Å². The molecule has 1 rings (SSSR count). The Bertz CT molecular complexity index is 102. The van der Waals surface area contributed by atoms with Crippen LogP contribution >= 0.6 is 0 Å². The van der Waals surface area contributed by atoms with Crippen LogP contribution in [0, 0.1) is 0 Å². The Hall–Kier alpha value is -0.780. The Morgan fingerprint density at radius 3 is 1.83 bits per heavy atom. The molecule has 0 radical (unpaired) electrons. The molecule has 0 heteroatoms. The largest absolute Gasteiger partial charge is 0.0918 e. The van der Waals surface area contributed by atoms with Crippen LogP contribution in [0.2, 0.25) is 0 Å². The van der Waals surface area contributed by atoms with Crippen LogP contribution < -0.4 is 0 Å². The Morgan fingerprint density at radius 2 is 1.67 bits per heavy atom. The molecule has 0 aromatic carbocycles. The highest BCUT2D eigenvalue weighted by Gasteiger charge is 1.80. The highest BCUT2D eigenvalue weighted by molar-refractivity contribution is 5.37. The van der Waals surface area contributed by atoms with E-state index in [0.717, 1.165) is 5.57 Å². The van der Waals surface area contributed by atoms with E-state index in [2.05, 4.69) is 6.58 Å². The van der Waals surface area contributed by atoms with Crippen LogP contribution in [0.15, 0.2) is 36.5 Å². The van der Waals surface area contributed by atoms with E-state index >= 15 is 0 Å². The summed E-state index contributed by atoms with van der Waals surface area (Å²) in [5.74, 6) is 0. The molecule has 0 N–H and O–H groups in total. The normalized spacial score (nSPS) is 17.0. The second-order valence-corrected chi connectivity index (χ2v) is 1.29. The minimum atomic E-state index is 1.09. The first-order valence-electron chi connectivity index (χ1n) is 1.93. The standard InChI is InChI=1S/C6H6/c1-6-4-2-3-5-6/h2-5H,1H2. The molecule has 0 heterocycles. The third-order valence-corrected chi connectivity index (χ3v) is 0.732. The molecule has 1 aliphatic carbocycles. The monoisotopic (exact) mass is 78.0 g/mol. The van der Waals surface area contributed by atoms with Crippen LogP contribution in [0.1, 0.15) is 0 Å². The van der Waals surface area contributed by atoms with Crippen LogP contribution in [-0.2, 0) is 0 Å². The lowest BCUT2D eigenvalue weighted by molar-refractivity contribution is 1.85. The molecule has 6 heavy (non-hydrogen) atoms. The number of allylic oxidation sites excluding steroid dienone is 5. The molecule has 0 unspecified atom stereocenters. The maximum absolute atomic E-state index is 3.68. The summed E-state index contributed by atoms with van der Waals surface area (Å²) < 4.78 is 0. The summed E-state index contributed by atoms with van der Waals surface area (Å²) in [5.41, 5.74) is 1.09. The Labute approximate surface area is 37.5 Å². The lowest BCUT2D eigenvalue weighted by Crippen LogP contribution is -1.50. The van der Waals surface area contributed by atoms with E-state index < -0.39 is 0 Å². The summed E-state index contributed by atoms with van der Waals surface area (Å²) in [6.45, 7) is 3.68. The summed E-state index contributed by atoms with van der Waals surface area (Å²) in [6, 6.07) is 0. The van der Waals surface area contributed by atoms with E-state index in [0.29, 0.717) is 0 Å². The van der Waals surface area contributed by atoms with Gasteiger partial charge in [0.2, 0.25) is 0 Å². The first-order chi connectivity index (χ1) is 2.89. The maximum Gasteiger partial charge on any atom is -0.0329 e. The molecule has 0 saturated carbocycles. The van der Waals surface area contributed by atoms with E-state index in [1.165, 1.54) is 0 Å². The third kappa shape index (κ3) is 0.410. The van der Waals surface area contributed by atoms with Crippen molar-refractivity contribution in [3.05, 3.63) is 36.5 Å². The van der Waals surface area contributed by atoms with Crippen molar-refractivity contribution in [2.45, 2.75) is 0 Å². The summed E-state index contributed by atoms with van der Waals surface area (Å²) in [6.07, 6.45) is 7.89. The zero-order chi connectivity index (χ0) is 4.41. The van der Waals surface area contributed by atoms with Crippen molar-refractivity contribution in [1.82, 2.24) is 0 Å². The summed E-state index contributed by atoms with van der Waals surface area (Å²) in [4.78, 5) is 0. The second-order valence-electron chi connectivity index (χ2n) is 1.29. The van der Waals surface area contributed by atoms with Gasteiger partial charge in [-0.15, -0.1) is 0 Å². The predicted octanol–water partition coefficient (Wildman–Crippen LogP) is 1.67. The molecule has 1 aliphatic rings. The van der Waals surface area contributed by atoms with Crippen molar-refractivity contribution in [3.8, 4) is 0 Å². The summed E-state index contributed by atoms with van der Waals surface area (Å²) >= 11 is 0. The van der Waals surface area contributed by atoms with Gasteiger partial charge in [-0.25, -0.2) is 0 Å². The molecule has 0 aromatic rings. The van der Waals surface area contributed by atoms with Crippen molar-refractivity contribution >= 4 is 0 Å².